The second-order valence-electron chi connectivity index (χ2n) is 8.63. The van der Waals surface area contributed by atoms with Gasteiger partial charge in [0.2, 0.25) is 5.91 Å². The third kappa shape index (κ3) is 4.53. The van der Waals surface area contributed by atoms with Crippen LogP contribution in [-0.4, -0.2) is 54.4 Å². The summed E-state index contributed by atoms with van der Waals surface area (Å²) >= 11 is 1.30. The van der Waals surface area contributed by atoms with Gasteiger partial charge in [0.25, 0.3) is 5.91 Å². The zero-order valence-electron chi connectivity index (χ0n) is 18.9. The smallest absolute Gasteiger partial charge is 0.255 e. The minimum absolute atomic E-state index is 0.0765. The van der Waals surface area contributed by atoms with E-state index in [0.717, 1.165) is 37.2 Å². The maximum absolute atomic E-state index is 15.0. The Morgan fingerprint density at radius 3 is 2.62 bits per heavy atom. The normalized spacial score (nSPS) is 16.1. The number of anilines is 2. The third-order valence-corrected chi connectivity index (χ3v) is 7.23. The van der Waals surface area contributed by atoms with Crippen LogP contribution in [0.25, 0.3) is 11.1 Å². The average molecular weight is 480 g/mol. The number of rotatable bonds is 6. The van der Waals surface area contributed by atoms with Crippen molar-refractivity contribution in [2.24, 2.45) is 0 Å². The lowest BCUT2D eigenvalue weighted by molar-refractivity contribution is -0.116. The quantitative estimate of drug-likeness (QED) is 0.563. The number of benzene rings is 2. The predicted octanol–water partition coefficient (Wildman–Crippen LogP) is 3.73. The van der Waals surface area contributed by atoms with Gasteiger partial charge in [-0.1, -0.05) is 12.1 Å². The Morgan fingerprint density at radius 1 is 1.18 bits per heavy atom. The molecular formula is C25H26FN5O2S. The molecule has 3 heterocycles. The zero-order chi connectivity index (χ0) is 23.7. The van der Waals surface area contributed by atoms with E-state index < -0.39 is 5.82 Å². The Labute approximate surface area is 201 Å². The Kier molecular flexibility index (Phi) is 6.30. The number of hydrogen-bond donors (Lipinski definition) is 2. The molecular weight excluding hydrogens is 453 g/mol. The van der Waals surface area contributed by atoms with E-state index in [9.17, 15) is 14.0 Å². The molecule has 0 bridgehead atoms. The highest BCUT2D eigenvalue weighted by Gasteiger charge is 2.32. The summed E-state index contributed by atoms with van der Waals surface area (Å²) in [5.74, 6) is -1.12. The molecule has 34 heavy (non-hydrogen) atoms. The third-order valence-electron chi connectivity index (χ3n) is 6.54. The van der Waals surface area contributed by atoms with Crippen LogP contribution in [0, 0.1) is 5.82 Å². The molecule has 0 unspecified atom stereocenters. The Morgan fingerprint density at radius 2 is 1.94 bits per heavy atom. The summed E-state index contributed by atoms with van der Waals surface area (Å²) in [7, 11) is 2.01. The molecule has 2 aromatic carbocycles. The number of fused-ring (bicyclic) bond motifs is 1. The topological polar surface area (TPSA) is 77.6 Å². The van der Waals surface area contributed by atoms with Crippen LogP contribution in [0.3, 0.4) is 0 Å². The average Bonchev–Trinajstić information content (AvgIpc) is 3.48. The second-order valence-corrected chi connectivity index (χ2v) is 9.52. The monoisotopic (exact) mass is 479 g/mol. The molecule has 2 aliphatic rings. The van der Waals surface area contributed by atoms with Crippen LogP contribution in [-0.2, 0) is 11.3 Å². The summed E-state index contributed by atoms with van der Waals surface area (Å²) in [6.07, 6.45) is 3.80. The first-order chi connectivity index (χ1) is 16.5. The number of halogens is 1. The highest BCUT2D eigenvalue weighted by atomic mass is 32.1. The minimum atomic E-state index is -0.429. The summed E-state index contributed by atoms with van der Waals surface area (Å²) in [6.45, 7) is 1.92. The molecule has 9 heteroatoms. The van der Waals surface area contributed by atoms with Crippen molar-refractivity contribution in [1.82, 2.24) is 15.2 Å². The second kappa shape index (κ2) is 9.52. The summed E-state index contributed by atoms with van der Waals surface area (Å²) < 4.78 is 15.0. The molecule has 176 valence electrons. The van der Waals surface area contributed by atoms with Crippen LogP contribution in [0.15, 0.2) is 48.0 Å². The van der Waals surface area contributed by atoms with Gasteiger partial charge in [0.15, 0.2) is 5.13 Å². The van der Waals surface area contributed by atoms with Crippen molar-refractivity contribution in [3.63, 3.8) is 0 Å². The van der Waals surface area contributed by atoms with Gasteiger partial charge in [-0.05, 0) is 55.3 Å². The zero-order valence-corrected chi connectivity index (χ0v) is 19.7. The van der Waals surface area contributed by atoms with Gasteiger partial charge < -0.3 is 20.4 Å². The van der Waals surface area contributed by atoms with Gasteiger partial charge in [-0.3, -0.25) is 9.59 Å². The van der Waals surface area contributed by atoms with E-state index in [1.807, 2.05) is 19.2 Å². The van der Waals surface area contributed by atoms with Crippen molar-refractivity contribution in [1.29, 1.82) is 0 Å². The highest BCUT2D eigenvalue weighted by Crippen LogP contribution is 2.32. The molecule has 1 fully saturated rings. The number of amides is 2. The van der Waals surface area contributed by atoms with Crippen LogP contribution in [0.2, 0.25) is 0 Å². The van der Waals surface area contributed by atoms with Gasteiger partial charge in [0.1, 0.15) is 12.4 Å². The summed E-state index contributed by atoms with van der Waals surface area (Å²) in [5.41, 5.74) is 3.30. The van der Waals surface area contributed by atoms with Crippen LogP contribution < -0.4 is 15.5 Å². The van der Waals surface area contributed by atoms with E-state index in [2.05, 4.69) is 32.7 Å². The van der Waals surface area contributed by atoms with Crippen molar-refractivity contribution in [2.75, 3.05) is 36.9 Å². The van der Waals surface area contributed by atoms with Gasteiger partial charge in [-0.2, -0.15) is 0 Å². The Bertz CT molecular complexity index is 1190. The first kappa shape index (κ1) is 22.5. The lowest BCUT2D eigenvalue weighted by Gasteiger charge is -2.33. The van der Waals surface area contributed by atoms with Crippen LogP contribution in [0.1, 0.15) is 28.8 Å². The van der Waals surface area contributed by atoms with E-state index in [0.29, 0.717) is 27.9 Å². The number of hydrogen-bond acceptors (Lipinski definition) is 6. The predicted molar refractivity (Wildman–Crippen MR) is 132 cm³/mol. The van der Waals surface area contributed by atoms with Crippen molar-refractivity contribution in [3.8, 4) is 11.1 Å². The van der Waals surface area contributed by atoms with Gasteiger partial charge in [0, 0.05) is 47.5 Å². The molecule has 1 aromatic heterocycles. The van der Waals surface area contributed by atoms with Gasteiger partial charge >= 0.3 is 0 Å². The van der Waals surface area contributed by atoms with E-state index in [-0.39, 0.29) is 24.9 Å². The van der Waals surface area contributed by atoms with E-state index >= 15 is 0 Å². The fraction of sp³-hybridized carbons (Fsp3) is 0.320. The van der Waals surface area contributed by atoms with Crippen LogP contribution in [0.4, 0.5) is 15.2 Å². The van der Waals surface area contributed by atoms with Crippen molar-refractivity contribution >= 4 is 34.0 Å². The summed E-state index contributed by atoms with van der Waals surface area (Å²) in [5, 5.41) is 8.22. The van der Waals surface area contributed by atoms with Gasteiger partial charge in [0.05, 0.1) is 6.54 Å². The van der Waals surface area contributed by atoms with E-state index in [4.69, 9.17) is 0 Å². The number of carbonyl (C=O) groups excluding carboxylic acids is 2. The largest absolute Gasteiger partial charge is 0.371 e. The number of piperidine rings is 1. The molecule has 5 rings (SSSR count). The first-order valence-corrected chi connectivity index (χ1v) is 12.2. The molecule has 2 amide bonds. The van der Waals surface area contributed by atoms with Crippen molar-refractivity contribution in [2.45, 2.75) is 25.4 Å². The SMILES string of the molecule is CNC1CCN(c2ccc(-c3cc(F)c4c(c3)C(=O)N(CC(=O)Nc3nccs3)C4)cc2)CC1. The van der Waals surface area contributed by atoms with Crippen molar-refractivity contribution in [3.05, 3.63) is 64.9 Å². The maximum Gasteiger partial charge on any atom is 0.255 e. The number of thiazole rings is 1. The fourth-order valence-corrected chi connectivity index (χ4v) is 5.17. The molecule has 1 saturated heterocycles. The molecule has 7 nitrogen and oxygen atoms in total. The Balaban J connectivity index is 1.29. The summed E-state index contributed by atoms with van der Waals surface area (Å²) in [6, 6.07) is 11.8. The van der Waals surface area contributed by atoms with Gasteiger partial charge in [-0.25, -0.2) is 9.37 Å². The first-order valence-electron chi connectivity index (χ1n) is 11.4. The summed E-state index contributed by atoms with van der Waals surface area (Å²) in [4.78, 5) is 33.0. The number of carbonyl (C=O) groups is 2. The number of nitrogens with zero attached hydrogens (tertiary/aromatic N) is 3. The molecule has 0 saturated carbocycles. The number of aromatic nitrogens is 1. The lowest BCUT2D eigenvalue weighted by atomic mass is 9.99. The molecule has 0 aliphatic carbocycles. The fourth-order valence-electron chi connectivity index (χ4n) is 4.62. The van der Waals surface area contributed by atoms with Crippen LogP contribution in [0.5, 0.6) is 0 Å². The molecule has 0 atom stereocenters. The molecule has 2 aliphatic heterocycles. The van der Waals surface area contributed by atoms with Crippen LogP contribution >= 0.6 is 11.3 Å². The highest BCUT2D eigenvalue weighted by molar-refractivity contribution is 7.13. The molecule has 3 aromatic rings. The van der Waals surface area contributed by atoms with E-state index in [1.165, 1.54) is 22.3 Å². The molecule has 0 radical (unpaired) electrons. The molecule has 0 spiro atoms. The molecule has 2 N–H and O–H groups in total. The maximum atomic E-state index is 15.0. The standard InChI is InChI=1S/C25H26FN5O2S/c1-27-18-6-9-30(10-7-18)19-4-2-16(3-5-19)17-12-20-21(22(26)13-17)14-31(24(20)33)15-23(32)29-25-28-8-11-34-25/h2-5,8,11-13,18,27H,6-7,9-10,14-15H2,1H3,(H,28,29,32). The Hall–Kier alpha value is -3.30. The number of nitrogens with one attached hydrogen (secondary N) is 2. The van der Waals surface area contributed by atoms with E-state index in [1.54, 1.807) is 17.6 Å². The van der Waals surface area contributed by atoms with Gasteiger partial charge in [-0.15, -0.1) is 11.3 Å². The van der Waals surface area contributed by atoms with Crippen molar-refractivity contribution < 1.29 is 14.0 Å². The lowest BCUT2D eigenvalue weighted by Crippen LogP contribution is -2.41. The minimum Gasteiger partial charge on any atom is -0.371 e.